The molecule has 0 bridgehead atoms. The lowest BCUT2D eigenvalue weighted by atomic mass is 10.1. The second kappa shape index (κ2) is 9.56. The van der Waals surface area contributed by atoms with Gasteiger partial charge in [0.05, 0.1) is 35.5 Å². The fourth-order valence-electron chi connectivity index (χ4n) is 2.79. The average Bonchev–Trinajstić information content (AvgIpc) is 2.71. The molecular formula is C20H25NO6. The van der Waals surface area contributed by atoms with Crippen LogP contribution in [-0.2, 0) is 6.42 Å². The first kappa shape index (κ1) is 20.2. The van der Waals surface area contributed by atoms with Crippen LogP contribution in [0.5, 0.6) is 28.7 Å². The van der Waals surface area contributed by atoms with Gasteiger partial charge in [-0.25, -0.2) is 0 Å². The molecular weight excluding hydrogens is 350 g/mol. The van der Waals surface area contributed by atoms with E-state index in [1.165, 1.54) is 14.2 Å². The molecule has 146 valence electrons. The highest BCUT2D eigenvalue weighted by molar-refractivity contribution is 5.99. The molecule has 0 saturated heterocycles. The average molecular weight is 375 g/mol. The minimum absolute atomic E-state index is 0.280. The zero-order valence-electron chi connectivity index (χ0n) is 16.3. The van der Waals surface area contributed by atoms with Crippen LogP contribution >= 0.6 is 0 Å². The van der Waals surface area contributed by atoms with E-state index >= 15 is 0 Å². The number of amides is 1. The van der Waals surface area contributed by atoms with Crippen molar-refractivity contribution in [3.63, 3.8) is 0 Å². The maximum absolute atomic E-state index is 12.6. The molecule has 0 unspecified atom stereocenters. The Morgan fingerprint density at radius 2 is 1.48 bits per heavy atom. The first-order chi connectivity index (χ1) is 13.1. The van der Waals surface area contributed by atoms with Crippen molar-refractivity contribution in [2.24, 2.45) is 0 Å². The third kappa shape index (κ3) is 4.55. The smallest absolute Gasteiger partial charge is 0.258 e. The molecule has 0 aliphatic heterocycles. The Labute approximate surface area is 159 Å². The van der Waals surface area contributed by atoms with Crippen LogP contribution < -0.4 is 29.0 Å². The van der Waals surface area contributed by atoms with Crippen LogP contribution in [0.25, 0.3) is 0 Å². The van der Waals surface area contributed by atoms with Gasteiger partial charge < -0.3 is 29.0 Å². The van der Waals surface area contributed by atoms with Crippen LogP contribution in [0.2, 0.25) is 0 Å². The summed E-state index contributed by atoms with van der Waals surface area (Å²) in [5.74, 6) is 2.46. The summed E-state index contributed by atoms with van der Waals surface area (Å²) in [5.41, 5.74) is 1.22. The van der Waals surface area contributed by atoms with Gasteiger partial charge in [0.15, 0.2) is 11.5 Å². The molecule has 7 heteroatoms. The van der Waals surface area contributed by atoms with Gasteiger partial charge in [0, 0.05) is 18.2 Å². The van der Waals surface area contributed by atoms with E-state index in [0.717, 1.165) is 5.56 Å². The molecule has 7 nitrogen and oxygen atoms in total. The van der Waals surface area contributed by atoms with E-state index in [9.17, 15) is 4.79 Å². The largest absolute Gasteiger partial charge is 0.497 e. The Morgan fingerprint density at radius 3 is 2.00 bits per heavy atom. The summed E-state index contributed by atoms with van der Waals surface area (Å²) in [6, 6.07) is 8.81. The van der Waals surface area contributed by atoms with Crippen LogP contribution in [0.4, 0.5) is 0 Å². The molecule has 27 heavy (non-hydrogen) atoms. The molecule has 2 rings (SSSR count). The Morgan fingerprint density at radius 1 is 0.852 bits per heavy atom. The van der Waals surface area contributed by atoms with E-state index in [1.54, 1.807) is 45.6 Å². The number of methoxy groups -OCH3 is 5. The van der Waals surface area contributed by atoms with Gasteiger partial charge in [-0.3, -0.25) is 4.79 Å². The molecule has 0 spiro atoms. The lowest BCUT2D eigenvalue weighted by molar-refractivity contribution is 0.0948. The molecule has 0 heterocycles. The number of ether oxygens (including phenoxy) is 5. The van der Waals surface area contributed by atoms with Crippen molar-refractivity contribution >= 4 is 5.91 Å². The third-order valence-electron chi connectivity index (χ3n) is 4.10. The van der Waals surface area contributed by atoms with Crippen molar-refractivity contribution in [2.75, 3.05) is 42.1 Å². The minimum Gasteiger partial charge on any atom is -0.497 e. The Balaban J connectivity index is 2.16. The van der Waals surface area contributed by atoms with Crippen molar-refractivity contribution in [3.05, 3.63) is 41.5 Å². The predicted molar refractivity (Wildman–Crippen MR) is 102 cm³/mol. The monoisotopic (exact) mass is 375 g/mol. The maximum Gasteiger partial charge on any atom is 0.258 e. The molecule has 0 aromatic heterocycles. The van der Waals surface area contributed by atoms with Crippen LogP contribution in [-0.4, -0.2) is 48.0 Å². The molecule has 0 radical (unpaired) electrons. The van der Waals surface area contributed by atoms with Gasteiger partial charge in [0.2, 0.25) is 0 Å². The second-order valence-corrected chi connectivity index (χ2v) is 5.57. The summed E-state index contributed by atoms with van der Waals surface area (Å²) in [5, 5.41) is 2.89. The summed E-state index contributed by atoms with van der Waals surface area (Å²) in [4.78, 5) is 12.6. The highest BCUT2D eigenvalue weighted by atomic mass is 16.5. The lowest BCUT2D eigenvalue weighted by Gasteiger charge is -2.16. The van der Waals surface area contributed by atoms with E-state index in [0.29, 0.717) is 47.3 Å². The zero-order valence-corrected chi connectivity index (χ0v) is 16.3. The van der Waals surface area contributed by atoms with E-state index in [4.69, 9.17) is 23.7 Å². The molecule has 1 N–H and O–H groups in total. The molecule has 0 fully saturated rings. The van der Waals surface area contributed by atoms with Crippen molar-refractivity contribution in [2.45, 2.75) is 6.42 Å². The Hall–Kier alpha value is -3.09. The van der Waals surface area contributed by atoms with E-state index in [2.05, 4.69) is 5.32 Å². The van der Waals surface area contributed by atoms with Crippen LogP contribution in [0.3, 0.4) is 0 Å². The fourth-order valence-corrected chi connectivity index (χ4v) is 2.79. The third-order valence-corrected chi connectivity index (χ3v) is 4.10. The zero-order chi connectivity index (χ0) is 19.8. The first-order valence-corrected chi connectivity index (χ1v) is 8.37. The van der Waals surface area contributed by atoms with Gasteiger partial charge in [-0.05, 0) is 24.6 Å². The summed E-state index contributed by atoms with van der Waals surface area (Å²) >= 11 is 0. The number of benzene rings is 2. The standard InChI is InChI=1S/C20H25NO6/c1-23-14-11-13(19(27-5)17(12-14)26-4)9-10-21-20(22)18-15(24-2)7-6-8-16(18)25-3/h6-8,11-12H,9-10H2,1-5H3,(H,21,22). The normalized spacial score (nSPS) is 10.1. The van der Waals surface area contributed by atoms with Crippen molar-refractivity contribution in [1.29, 1.82) is 0 Å². The highest BCUT2D eigenvalue weighted by Gasteiger charge is 2.18. The topological polar surface area (TPSA) is 75.3 Å². The fraction of sp³-hybridized carbons (Fsp3) is 0.350. The number of hydrogen-bond acceptors (Lipinski definition) is 6. The van der Waals surface area contributed by atoms with Gasteiger partial charge in [0.1, 0.15) is 22.8 Å². The predicted octanol–water partition coefficient (Wildman–Crippen LogP) is 2.70. The summed E-state index contributed by atoms with van der Waals surface area (Å²) in [7, 11) is 7.75. The Bertz CT molecular complexity index is 768. The molecule has 0 saturated carbocycles. The molecule has 0 atom stereocenters. The number of carbonyl (C=O) groups is 1. The number of carbonyl (C=O) groups excluding carboxylic acids is 1. The quantitative estimate of drug-likeness (QED) is 0.726. The van der Waals surface area contributed by atoms with E-state index in [1.807, 2.05) is 6.07 Å². The van der Waals surface area contributed by atoms with E-state index in [-0.39, 0.29) is 5.91 Å². The summed E-state index contributed by atoms with van der Waals surface area (Å²) < 4.78 is 26.7. The molecule has 1 amide bonds. The Kier molecular flexibility index (Phi) is 7.16. The van der Waals surface area contributed by atoms with E-state index < -0.39 is 0 Å². The van der Waals surface area contributed by atoms with Crippen LogP contribution in [0, 0.1) is 0 Å². The number of rotatable bonds is 9. The van der Waals surface area contributed by atoms with Crippen molar-refractivity contribution in [3.8, 4) is 28.7 Å². The minimum atomic E-state index is -0.280. The molecule has 0 aliphatic rings. The molecule has 0 aliphatic carbocycles. The second-order valence-electron chi connectivity index (χ2n) is 5.57. The first-order valence-electron chi connectivity index (χ1n) is 8.37. The van der Waals surface area contributed by atoms with Gasteiger partial charge in [-0.2, -0.15) is 0 Å². The maximum atomic E-state index is 12.6. The molecule has 2 aromatic carbocycles. The number of nitrogens with one attached hydrogen (secondary N) is 1. The van der Waals surface area contributed by atoms with Gasteiger partial charge in [-0.15, -0.1) is 0 Å². The summed E-state index contributed by atoms with van der Waals surface area (Å²) in [6.07, 6.45) is 0.528. The highest BCUT2D eigenvalue weighted by Crippen LogP contribution is 2.35. The van der Waals surface area contributed by atoms with Crippen LogP contribution in [0.1, 0.15) is 15.9 Å². The van der Waals surface area contributed by atoms with Crippen molar-refractivity contribution in [1.82, 2.24) is 5.32 Å². The summed E-state index contributed by atoms with van der Waals surface area (Å²) in [6.45, 7) is 0.382. The van der Waals surface area contributed by atoms with Gasteiger partial charge in [-0.1, -0.05) is 6.07 Å². The van der Waals surface area contributed by atoms with Crippen molar-refractivity contribution < 1.29 is 28.5 Å². The lowest BCUT2D eigenvalue weighted by Crippen LogP contribution is -2.26. The van der Waals surface area contributed by atoms with Gasteiger partial charge in [0.25, 0.3) is 5.91 Å². The number of hydrogen-bond donors (Lipinski definition) is 1. The molecule has 2 aromatic rings. The SMILES string of the molecule is COc1cc(CCNC(=O)c2c(OC)cccc2OC)c(OC)c(OC)c1. The van der Waals surface area contributed by atoms with Gasteiger partial charge >= 0.3 is 0 Å². The van der Waals surface area contributed by atoms with Crippen LogP contribution in [0.15, 0.2) is 30.3 Å².